The molecule has 4 nitrogen and oxygen atoms in total. The molecule has 1 aromatic carbocycles. The van der Waals surface area contributed by atoms with Gasteiger partial charge in [-0.25, -0.2) is 4.79 Å². The maximum atomic E-state index is 11.7. The van der Waals surface area contributed by atoms with E-state index in [9.17, 15) is 9.59 Å². The van der Waals surface area contributed by atoms with Crippen LogP contribution in [0.1, 0.15) is 22.8 Å². The molecule has 98 valence electrons. The Labute approximate surface area is 111 Å². The van der Waals surface area contributed by atoms with Gasteiger partial charge in [-0.05, 0) is 17.9 Å². The molecule has 5 heteroatoms. The largest absolute Gasteiger partial charge is 0.478 e. The molecule has 0 saturated carbocycles. The third-order valence-electron chi connectivity index (χ3n) is 2.59. The van der Waals surface area contributed by atoms with E-state index in [0.29, 0.717) is 17.4 Å². The van der Waals surface area contributed by atoms with Crippen LogP contribution < -0.4 is 5.32 Å². The minimum Gasteiger partial charge on any atom is -0.478 e. The second-order valence-corrected chi connectivity index (χ2v) is 5.27. The fraction of sp³-hybridized carbons (Fsp3) is 0.385. The summed E-state index contributed by atoms with van der Waals surface area (Å²) in [5.74, 6) is -1.15. The Balaban J connectivity index is 2.62. The molecular weight excluding hydrogens is 250 g/mol. The predicted molar refractivity (Wildman–Crippen MR) is 73.1 cm³/mol. The van der Waals surface area contributed by atoms with Crippen LogP contribution in [-0.4, -0.2) is 35.0 Å². The van der Waals surface area contributed by atoms with Crippen LogP contribution in [0.15, 0.2) is 24.3 Å². The lowest BCUT2D eigenvalue weighted by Gasteiger charge is -2.10. The molecule has 1 unspecified atom stereocenters. The lowest BCUT2D eigenvalue weighted by Crippen LogP contribution is -2.30. The molecule has 0 saturated heterocycles. The van der Waals surface area contributed by atoms with Gasteiger partial charge in [0.25, 0.3) is 0 Å². The molecule has 1 aromatic rings. The second-order valence-electron chi connectivity index (χ2n) is 3.99. The average molecular weight is 267 g/mol. The van der Waals surface area contributed by atoms with Gasteiger partial charge >= 0.3 is 5.97 Å². The van der Waals surface area contributed by atoms with Crippen LogP contribution in [0, 0.1) is 0 Å². The van der Waals surface area contributed by atoms with Gasteiger partial charge in [-0.15, -0.1) is 0 Å². The van der Waals surface area contributed by atoms with Crippen molar-refractivity contribution in [1.82, 2.24) is 5.32 Å². The van der Waals surface area contributed by atoms with E-state index in [1.807, 2.05) is 13.2 Å². The highest BCUT2D eigenvalue weighted by Crippen LogP contribution is 2.09. The number of carbonyl (C=O) groups excluding carboxylic acids is 1. The maximum Gasteiger partial charge on any atom is 0.335 e. The summed E-state index contributed by atoms with van der Waals surface area (Å²) in [6.07, 6.45) is 2.08. The van der Waals surface area contributed by atoms with Crippen molar-refractivity contribution >= 4 is 23.6 Å². The highest BCUT2D eigenvalue weighted by Gasteiger charge is 2.12. The fourth-order valence-electron chi connectivity index (χ4n) is 1.46. The van der Waals surface area contributed by atoms with Crippen LogP contribution in [0.5, 0.6) is 0 Å². The zero-order chi connectivity index (χ0) is 13.5. The monoisotopic (exact) mass is 267 g/mol. The normalized spacial score (nSPS) is 11.9. The molecule has 0 radical (unpaired) electrons. The maximum absolute atomic E-state index is 11.7. The number of amides is 1. The van der Waals surface area contributed by atoms with Gasteiger partial charge in [0.15, 0.2) is 0 Å². The van der Waals surface area contributed by atoms with Gasteiger partial charge < -0.3 is 10.4 Å². The first-order chi connectivity index (χ1) is 8.54. The molecule has 2 N–H and O–H groups in total. The molecule has 0 heterocycles. The molecule has 0 aromatic heterocycles. The Morgan fingerprint density at radius 3 is 2.67 bits per heavy atom. The lowest BCUT2D eigenvalue weighted by atomic mass is 10.0. The van der Waals surface area contributed by atoms with E-state index in [0.717, 1.165) is 0 Å². The van der Waals surface area contributed by atoms with Crippen molar-refractivity contribution in [3.05, 3.63) is 35.4 Å². The van der Waals surface area contributed by atoms with E-state index in [1.165, 1.54) is 6.07 Å². The highest BCUT2D eigenvalue weighted by molar-refractivity contribution is 7.99. The summed E-state index contributed by atoms with van der Waals surface area (Å²) in [5.41, 5.74) is 0.727. The van der Waals surface area contributed by atoms with Crippen LogP contribution in [0.4, 0.5) is 0 Å². The number of aromatic carboxylic acids is 1. The number of nitrogens with one attached hydrogen (secondary N) is 1. The van der Waals surface area contributed by atoms with Crippen molar-refractivity contribution in [3.63, 3.8) is 0 Å². The standard InChI is InChI=1S/C13H17NO3S/c1-9(18-2)8-14-12(15)7-10-5-3-4-6-11(10)13(16)17/h3-6,9H,7-8H2,1-2H3,(H,14,15)(H,16,17). The highest BCUT2D eigenvalue weighted by atomic mass is 32.2. The Bertz CT molecular complexity index is 434. The number of thioether (sulfide) groups is 1. The van der Waals surface area contributed by atoms with Crippen molar-refractivity contribution in [1.29, 1.82) is 0 Å². The van der Waals surface area contributed by atoms with Crippen molar-refractivity contribution in [2.75, 3.05) is 12.8 Å². The van der Waals surface area contributed by atoms with Crippen LogP contribution >= 0.6 is 11.8 Å². The number of carboxylic acid groups (broad SMARTS) is 1. The molecular formula is C13H17NO3S. The zero-order valence-corrected chi connectivity index (χ0v) is 11.3. The molecule has 18 heavy (non-hydrogen) atoms. The molecule has 0 aliphatic heterocycles. The Morgan fingerprint density at radius 2 is 2.06 bits per heavy atom. The van der Waals surface area contributed by atoms with Gasteiger partial charge in [-0.3, -0.25) is 4.79 Å². The molecule has 1 atom stereocenters. The fourth-order valence-corrected chi connectivity index (χ4v) is 1.71. The first-order valence-corrected chi connectivity index (χ1v) is 6.94. The van der Waals surface area contributed by atoms with Crippen LogP contribution in [-0.2, 0) is 11.2 Å². The number of hydrogen-bond donors (Lipinski definition) is 2. The summed E-state index contributed by atoms with van der Waals surface area (Å²) in [5, 5.41) is 12.1. The molecule has 1 rings (SSSR count). The average Bonchev–Trinajstić information content (AvgIpc) is 2.36. The lowest BCUT2D eigenvalue weighted by molar-refractivity contribution is -0.120. The number of rotatable bonds is 6. The van der Waals surface area contributed by atoms with Gasteiger partial charge in [0.05, 0.1) is 12.0 Å². The predicted octanol–water partition coefficient (Wildman–Crippen LogP) is 1.80. The molecule has 1 amide bonds. The Hall–Kier alpha value is -1.49. The van der Waals surface area contributed by atoms with E-state index < -0.39 is 5.97 Å². The third-order valence-corrected chi connectivity index (χ3v) is 3.56. The SMILES string of the molecule is CSC(C)CNC(=O)Cc1ccccc1C(=O)O. The molecule has 0 aliphatic rings. The van der Waals surface area contributed by atoms with Gasteiger partial charge in [0, 0.05) is 11.8 Å². The second kappa shape index (κ2) is 7.06. The van der Waals surface area contributed by atoms with Crippen LogP contribution in [0.25, 0.3) is 0 Å². The molecule has 0 bridgehead atoms. The van der Waals surface area contributed by atoms with Gasteiger partial charge in [0.1, 0.15) is 0 Å². The molecule has 0 fully saturated rings. The van der Waals surface area contributed by atoms with E-state index in [1.54, 1.807) is 30.0 Å². The Morgan fingerprint density at radius 1 is 1.39 bits per heavy atom. The Kier molecular flexibility index (Phi) is 5.71. The minimum atomic E-state index is -1.00. The van der Waals surface area contributed by atoms with Crippen LogP contribution in [0.3, 0.4) is 0 Å². The summed E-state index contributed by atoms with van der Waals surface area (Å²) in [6.45, 7) is 2.62. The van der Waals surface area contributed by atoms with Crippen molar-refractivity contribution in [2.45, 2.75) is 18.6 Å². The first kappa shape index (κ1) is 14.6. The minimum absolute atomic E-state index is 0.101. The summed E-state index contributed by atoms with van der Waals surface area (Å²) >= 11 is 1.67. The van der Waals surface area contributed by atoms with Crippen molar-refractivity contribution in [3.8, 4) is 0 Å². The summed E-state index contributed by atoms with van der Waals surface area (Å²) < 4.78 is 0. The quantitative estimate of drug-likeness (QED) is 0.824. The molecule has 0 aliphatic carbocycles. The first-order valence-electron chi connectivity index (χ1n) is 5.65. The summed E-state index contributed by atoms with van der Waals surface area (Å²) in [6, 6.07) is 6.57. The van der Waals surface area contributed by atoms with E-state index in [2.05, 4.69) is 5.32 Å². The van der Waals surface area contributed by atoms with Gasteiger partial charge in [-0.1, -0.05) is 25.1 Å². The third kappa shape index (κ3) is 4.41. The van der Waals surface area contributed by atoms with Crippen molar-refractivity contribution in [2.24, 2.45) is 0 Å². The number of carbonyl (C=O) groups is 2. The van der Waals surface area contributed by atoms with Gasteiger partial charge in [-0.2, -0.15) is 11.8 Å². The van der Waals surface area contributed by atoms with E-state index in [4.69, 9.17) is 5.11 Å². The van der Waals surface area contributed by atoms with E-state index >= 15 is 0 Å². The topological polar surface area (TPSA) is 66.4 Å². The smallest absolute Gasteiger partial charge is 0.335 e. The summed E-state index contributed by atoms with van der Waals surface area (Å²) in [7, 11) is 0. The van der Waals surface area contributed by atoms with Gasteiger partial charge in [0.2, 0.25) is 5.91 Å². The zero-order valence-electron chi connectivity index (χ0n) is 10.5. The molecule has 0 spiro atoms. The number of benzene rings is 1. The van der Waals surface area contributed by atoms with Crippen LogP contribution in [0.2, 0.25) is 0 Å². The summed E-state index contributed by atoms with van der Waals surface area (Å²) in [4.78, 5) is 22.7. The number of carboxylic acids is 1. The van der Waals surface area contributed by atoms with Crippen molar-refractivity contribution < 1.29 is 14.7 Å². The van der Waals surface area contributed by atoms with E-state index in [-0.39, 0.29) is 17.9 Å². The number of hydrogen-bond acceptors (Lipinski definition) is 3.